The molecule has 2 rings (SSSR count). The van der Waals surface area contributed by atoms with E-state index in [1.807, 2.05) is 30.3 Å². The number of aliphatic hydroxyl groups excluding tert-OH is 1. The van der Waals surface area contributed by atoms with Crippen LogP contribution in [0.15, 0.2) is 30.3 Å². The lowest BCUT2D eigenvalue weighted by atomic mass is 9.73. The highest BCUT2D eigenvalue weighted by Gasteiger charge is 2.45. The maximum absolute atomic E-state index is 9.12. The van der Waals surface area contributed by atoms with Crippen LogP contribution >= 0.6 is 0 Å². The standard InChI is InChI=1S/C11H15NO2/c12-10(6-13)11(7-14-8-11)9-4-2-1-3-5-9/h1-5,10,13H,6-8,12H2. The summed E-state index contributed by atoms with van der Waals surface area (Å²) in [5.74, 6) is 0. The van der Waals surface area contributed by atoms with E-state index in [0.29, 0.717) is 13.2 Å². The molecular formula is C11H15NO2. The lowest BCUT2D eigenvalue weighted by molar-refractivity contribution is -0.0798. The molecule has 1 fully saturated rings. The van der Waals surface area contributed by atoms with Crippen LogP contribution in [0.5, 0.6) is 0 Å². The summed E-state index contributed by atoms with van der Waals surface area (Å²) >= 11 is 0. The van der Waals surface area contributed by atoms with Crippen molar-refractivity contribution in [3.05, 3.63) is 35.9 Å². The van der Waals surface area contributed by atoms with Crippen LogP contribution in [0.1, 0.15) is 5.56 Å². The molecule has 1 saturated heterocycles. The molecule has 3 nitrogen and oxygen atoms in total. The van der Waals surface area contributed by atoms with Crippen molar-refractivity contribution in [3.63, 3.8) is 0 Å². The Morgan fingerprint density at radius 1 is 1.36 bits per heavy atom. The van der Waals surface area contributed by atoms with Crippen molar-refractivity contribution in [1.82, 2.24) is 0 Å². The number of ether oxygens (including phenoxy) is 1. The third kappa shape index (κ3) is 1.34. The molecule has 1 heterocycles. The minimum Gasteiger partial charge on any atom is -0.395 e. The second-order valence-electron chi connectivity index (χ2n) is 3.80. The lowest BCUT2D eigenvalue weighted by Crippen LogP contribution is -2.60. The fourth-order valence-corrected chi connectivity index (χ4v) is 1.86. The van der Waals surface area contributed by atoms with Crippen LogP contribution in [0.3, 0.4) is 0 Å². The molecule has 0 spiro atoms. The maximum atomic E-state index is 9.12. The molecule has 76 valence electrons. The number of benzene rings is 1. The first-order valence-corrected chi connectivity index (χ1v) is 4.79. The van der Waals surface area contributed by atoms with Gasteiger partial charge in [-0.2, -0.15) is 0 Å². The van der Waals surface area contributed by atoms with E-state index in [0.717, 1.165) is 5.56 Å². The quantitative estimate of drug-likeness (QED) is 0.724. The van der Waals surface area contributed by atoms with Crippen molar-refractivity contribution in [1.29, 1.82) is 0 Å². The highest BCUT2D eigenvalue weighted by Crippen LogP contribution is 2.34. The largest absolute Gasteiger partial charge is 0.395 e. The third-order valence-electron chi connectivity index (χ3n) is 2.97. The molecule has 1 unspecified atom stereocenters. The van der Waals surface area contributed by atoms with Crippen molar-refractivity contribution in [2.45, 2.75) is 11.5 Å². The molecule has 1 aliphatic rings. The summed E-state index contributed by atoms with van der Waals surface area (Å²) in [5, 5.41) is 9.12. The van der Waals surface area contributed by atoms with Gasteiger partial charge in [0.15, 0.2) is 0 Å². The minimum atomic E-state index is -0.237. The van der Waals surface area contributed by atoms with Gasteiger partial charge >= 0.3 is 0 Å². The first kappa shape index (κ1) is 9.65. The van der Waals surface area contributed by atoms with Gasteiger partial charge in [-0.15, -0.1) is 0 Å². The zero-order valence-corrected chi connectivity index (χ0v) is 8.02. The van der Waals surface area contributed by atoms with Crippen molar-refractivity contribution in [2.24, 2.45) is 5.73 Å². The molecule has 0 saturated carbocycles. The van der Waals surface area contributed by atoms with Crippen molar-refractivity contribution in [3.8, 4) is 0 Å². The van der Waals surface area contributed by atoms with E-state index in [1.165, 1.54) is 0 Å². The SMILES string of the molecule is NC(CO)C1(c2ccccc2)COC1. The average molecular weight is 193 g/mol. The van der Waals surface area contributed by atoms with Crippen LogP contribution in [-0.2, 0) is 10.2 Å². The van der Waals surface area contributed by atoms with Crippen LogP contribution in [-0.4, -0.2) is 31.0 Å². The predicted molar refractivity (Wildman–Crippen MR) is 54.0 cm³/mol. The average Bonchev–Trinajstić information content (AvgIpc) is 2.17. The molecule has 0 amide bonds. The molecule has 1 aliphatic heterocycles. The van der Waals surface area contributed by atoms with E-state index < -0.39 is 0 Å². The highest BCUT2D eigenvalue weighted by molar-refractivity contribution is 5.30. The summed E-state index contributed by atoms with van der Waals surface area (Å²) in [6.45, 7) is 1.22. The van der Waals surface area contributed by atoms with Gasteiger partial charge in [-0.3, -0.25) is 0 Å². The van der Waals surface area contributed by atoms with Gasteiger partial charge in [0.1, 0.15) is 0 Å². The smallest absolute Gasteiger partial charge is 0.0601 e. The maximum Gasteiger partial charge on any atom is 0.0601 e. The normalized spacial score (nSPS) is 21.3. The first-order valence-electron chi connectivity index (χ1n) is 4.79. The Morgan fingerprint density at radius 2 is 2.00 bits per heavy atom. The topological polar surface area (TPSA) is 55.5 Å². The number of nitrogens with two attached hydrogens (primary N) is 1. The number of aliphatic hydroxyl groups is 1. The number of rotatable bonds is 3. The molecule has 0 aromatic heterocycles. The van der Waals surface area contributed by atoms with Crippen LogP contribution in [0.2, 0.25) is 0 Å². The Hall–Kier alpha value is -0.900. The van der Waals surface area contributed by atoms with E-state index in [4.69, 9.17) is 15.6 Å². The summed E-state index contributed by atoms with van der Waals surface area (Å²) in [6.07, 6.45) is 0. The van der Waals surface area contributed by atoms with E-state index in [9.17, 15) is 0 Å². The van der Waals surface area contributed by atoms with E-state index in [2.05, 4.69) is 0 Å². The van der Waals surface area contributed by atoms with Gasteiger partial charge in [0, 0.05) is 6.04 Å². The summed E-state index contributed by atoms with van der Waals surface area (Å²) in [6, 6.07) is 9.79. The van der Waals surface area contributed by atoms with Crippen LogP contribution in [0, 0.1) is 0 Å². The van der Waals surface area contributed by atoms with Gasteiger partial charge in [-0.05, 0) is 5.56 Å². The van der Waals surface area contributed by atoms with Crippen molar-refractivity contribution < 1.29 is 9.84 Å². The molecular weight excluding hydrogens is 178 g/mol. The summed E-state index contributed by atoms with van der Waals surface area (Å²) in [5.41, 5.74) is 6.90. The molecule has 1 aromatic rings. The Bertz CT molecular complexity index is 295. The van der Waals surface area contributed by atoms with Gasteiger partial charge in [0.25, 0.3) is 0 Å². The Kier molecular flexibility index (Phi) is 2.54. The number of hydrogen-bond acceptors (Lipinski definition) is 3. The Labute approximate surface area is 83.5 Å². The highest BCUT2D eigenvalue weighted by atomic mass is 16.5. The van der Waals surface area contributed by atoms with Gasteiger partial charge in [0.05, 0.1) is 25.2 Å². The fourth-order valence-electron chi connectivity index (χ4n) is 1.86. The molecule has 0 bridgehead atoms. The van der Waals surface area contributed by atoms with Gasteiger partial charge in [-0.1, -0.05) is 30.3 Å². The molecule has 14 heavy (non-hydrogen) atoms. The Balaban J connectivity index is 2.29. The van der Waals surface area contributed by atoms with Gasteiger partial charge in [-0.25, -0.2) is 0 Å². The summed E-state index contributed by atoms with van der Waals surface area (Å²) in [4.78, 5) is 0. The van der Waals surface area contributed by atoms with Gasteiger partial charge < -0.3 is 15.6 Å². The lowest BCUT2D eigenvalue weighted by Gasteiger charge is -2.45. The molecule has 0 radical (unpaired) electrons. The Morgan fingerprint density at radius 3 is 2.43 bits per heavy atom. The third-order valence-corrected chi connectivity index (χ3v) is 2.97. The van der Waals surface area contributed by atoms with Crippen LogP contribution in [0.25, 0.3) is 0 Å². The first-order chi connectivity index (χ1) is 6.79. The molecule has 3 N–H and O–H groups in total. The monoisotopic (exact) mass is 193 g/mol. The molecule has 3 heteroatoms. The molecule has 0 aliphatic carbocycles. The zero-order valence-electron chi connectivity index (χ0n) is 8.02. The summed E-state index contributed by atoms with van der Waals surface area (Å²) < 4.78 is 5.22. The fraction of sp³-hybridized carbons (Fsp3) is 0.455. The van der Waals surface area contributed by atoms with E-state index in [-0.39, 0.29) is 18.1 Å². The number of hydrogen-bond donors (Lipinski definition) is 2. The minimum absolute atomic E-state index is 0.00173. The van der Waals surface area contributed by atoms with Gasteiger partial charge in [0.2, 0.25) is 0 Å². The molecule has 1 aromatic carbocycles. The predicted octanol–water partition coefficient (Wildman–Crippen LogP) is 0.274. The zero-order chi connectivity index (χ0) is 10.0. The van der Waals surface area contributed by atoms with Crippen LogP contribution < -0.4 is 5.73 Å². The van der Waals surface area contributed by atoms with Crippen molar-refractivity contribution in [2.75, 3.05) is 19.8 Å². The van der Waals surface area contributed by atoms with E-state index in [1.54, 1.807) is 0 Å². The van der Waals surface area contributed by atoms with E-state index >= 15 is 0 Å². The molecule has 1 atom stereocenters. The van der Waals surface area contributed by atoms with Crippen LogP contribution in [0.4, 0.5) is 0 Å². The van der Waals surface area contributed by atoms with Crippen molar-refractivity contribution >= 4 is 0 Å². The summed E-state index contributed by atoms with van der Waals surface area (Å²) in [7, 11) is 0. The second kappa shape index (κ2) is 3.69. The second-order valence-corrected chi connectivity index (χ2v) is 3.80.